The topological polar surface area (TPSA) is 67.2 Å². The molecule has 0 aliphatic carbocycles. The highest BCUT2D eigenvalue weighted by molar-refractivity contribution is 5.93. The maximum absolute atomic E-state index is 13.4. The van der Waals surface area contributed by atoms with Gasteiger partial charge in [0.05, 0.1) is 5.69 Å². The van der Waals surface area contributed by atoms with Gasteiger partial charge in [-0.2, -0.15) is 5.10 Å². The van der Waals surface area contributed by atoms with E-state index >= 15 is 0 Å². The molecule has 1 N–H and O–H groups in total. The summed E-state index contributed by atoms with van der Waals surface area (Å²) in [6.45, 7) is 1.95. The van der Waals surface area contributed by atoms with Crippen LogP contribution < -0.4 is 5.32 Å². The Morgan fingerprint density at radius 2 is 2.20 bits per heavy atom. The second kappa shape index (κ2) is 7.46. The lowest BCUT2D eigenvalue weighted by atomic mass is 10.1. The summed E-state index contributed by atoms with van der Waals surface area (Å²) < 4.78 is 14.9. The van der Waals surface area contributed by atoms with Gasteiger partial charge >= 0.3 is 0 Å². The van der Waals surface area contributed by atoms with Gasteiger partial charge in [0.15, 0.2) is 5.69 Å². The molecule has 1 aliphatic heterocycles. The predicted molar refractivity (Wildman–Crippen MR) is 91.4 cm³/mol. The van der Waals surface area contributed by atoms with Gasteiger partial charge < -0.3 is 10.2 Å². The van der Waals surface area contributed by atoms with Crippen LogP contribution in [0.25, 0.3) is 11.3 Å². The van der Waals surface area contributed by atoms with E-state index < -0.39 is 0 Å². The monoisotopic (exact) mass is 344 g/mol. The number of likely N-dealkylation sites (tertiary alicyclic amines) is 1. The molecule has 0 atom stereocenters. The number of carbonyl (C=O) groups excluding carboxylic acids is 2. The minimum Gasteiger partial charge on any atom is -0.351 e. The largest absolute Gasteiger partial charge is 0.351 e. The summed E-state index contributed by atoms with van der Waals surface area (Å²) in [5.74, 6) is -0.414. The van der Waals surface area contributed by atoms with Crippen LogP contribution in [0.3, 0.4) is 0 Å². The van der Waals surface area contributed by atoms with E-state index in [0.29, 0.717) is 42.9 Å². The van der Waals surface area contributed by atoms with Crippen molar-refractivity contribution in [3.8, 4) is 11.3 Å². The van der Waals surface area contributed by atoms with Crippen molar-refractivity contribution < 1.29 is 14.0 Å². The van der Waals surface area contributed by atoms with Crippen molar-refractivity contribution >= 4 is 11.8 Å². The van der Waals surface area contributed by atoms with Crippen molar-refractivity contribution in [2.75, 3.05) is 19.6 Å². The fraction of sp³-hybridized carbons (Fsp3) is 0.389. The van der Waals surface area contributed by atoms with Gasteiger partial charge in [0.2, 0.25) is 5.91 Å². The molecular weight excluding hydrogens is 323 g/mol. The van der Waals surface area contributed by atoms with E-state index in [1.807, 2.05) is 4.90 Å². The van der Waals surface area contributed by atoms with Crippen molar-refractivity contribution in [1.29, 1.82) is 0 Å². The van der Waals surface area contributed by atoms with Gasteiger partial charge in [-0.1, -0.05) is 12.1 Å². The summed E-state index contributed by atoms with van der Waals surface area (Å²) in [6, 6.07) is 7.82. The molecule has 0 spiro atoms. The molecular formula is C18H21FN4O2. The van der Waals surface area contributed by atoms with Crippen LogP contribution in [0.1, 0.15) is 29.8 Å². The van der Waals surface area contributed by atoms with Crippen LogP contribution in [0.5, 0.6) is 0 Å². The number of nitrogens with zero attached hydrogens (tertiary/aromatic N) is 3. The summed E-state index contributed by atoms with van der Waals surface area (Å²) >= 11 is 0. The summed E-state index contributed by atoms with van der Waals surface area (Å²) in [4.78, 5) is 25.6. The molecule has 1 aromatic heterocycles. The van der Waals surface area contributed by atoms with Crippen LogP contribution in [0, 0.1) is 5.82 Å². The lowest BCUT2D eigenvalue weighted by Crippen LogP contribution is -2.30. The molecule has 3 rings (SSSR count). The van der Waals surface area contributed by atoms with E-state index in [2.05, 4.69) is 10.4 Å². The summed E-state index contributed by atoms with van der Waals surface area (Å²) in [5, 5.41) is 7.02. The number of amides is 2. The average Bonchev–Trinajstić information content (AvgIpc) is 3.17. The Morgan fingerprint density at radius 3 is 2.92 bits per heavy atom. The highest BCUT2D eigenvalue weighted by atomic mass is 19.1. The first-order valence-corrected chi connectivity index (χ1v) is 8.40. The molecule has 1 aromatic carbocycles. The Hall–Kier alpha value is -2.70. The highest BCUT2D eigenvalue weighted by Crippen LogP contribution is 2.20. The van der Waals surface area contributed by atoms with Crippen LogP contribution in [0.15, 0.2) is 30.3 Å². The number of rotatable bonds is 6. The molecule has 132 valence electrons. The van der Waals surface area contributed by atoms with Crippen molar-refractivity contribution in [1.82, 2.24) is 20.0 Å². The zero-order valence-electron chi connectivity index (χ0n) is 14.2. The number of carbonyl (C=O) groups is 2. The zero-order chi connectivity index (χ0) is 17.8. The van der Waals surface area contributed by atoms with Crippen molar-refractivity contribution in [2.24, 2.45) is 7.05 Å². The standard InChI is InChI=1S/C18H21FN4O2/c1-22-16(13-5-2-6-14(19)11-13)12-15(21-22)18(25)20-8-4-10-23-9-3-7-17(23)24/h2,5-6,11-12H,3-4,7-10H2,1H3,(H,20,25). The molecule has 25 heavy (non-hydrogen) atoms. The first kappa shape index (κ1) is 17.1. The van der Waals surface area contributed by atoms with E-state index in [4.69, 9.17) is 0 Å². The molecule has 2 aromatic rings. The first-order chi connectivity index (χ1) is 12.0. The SMILES string of the molecule is Cn1nc(C(=O)NCCCN2CCCC2=O)cc1-c1cccc(F)c1. The molecule has 1 saturated heterocycles. The number of benzene rings is 1. The Morgan fingerprint density at radius 1 is 1.36 bits per heavy atom. The number of aryl methyl sites for hydroxylation is 1. The third-order valence-corrected chi connectivity index (χ3v) is 4.29. The van der Waals surface area contributed by atoms with Crippen LogP contribution in [-0.4, -0.2) is 46.1 Å². The number of hydrogen-bond acceptors (Lipinski definition) is 3. The third kappa shape index (κ3) is 4.04. The minimum atomic E-state index is -0.332. The zero-order valence-corrected chi connectivity index (χ0v) is 14.2. The van der Waals surface area contributed by atoms with Crippen LogP contribution in [0.4, 0.5) is 4.39 Å². The van der Waals surface area contributed by atoms with Crippen LogP contribution >= 0.6 is 0 Å². The molecule has 2 heterocycles. The van der Waals surface area contributed by atoms with E-state index in [1.165, 1.54) is 12.1 Å². The van der Waals surface area contributed by atoms with Gasteiger partial charge in [0.25, 0.3) is 5.91 Å². The summed E-state index contributed by atoms with van der Waals surface area (Å²) in [7, 11) is 1.72. The number of halogens is 1. The van der Waals surface area contributed by atoms with Crippen molar-refractivity contribution in [3.05, 3.63) is 41.8 Å². The highest BCUT2D eigenvalue weighted by Gasteiger charge is 2.19. The molecule has 0 saturated carbocycles. The molecule has 0 unspecified atom stereocenters. The average molecular weight is 344 g/mol. The fourth-order valence-corrected chi connectivity index (χ4v) is 3.00. The van der Waals surface area contributed by atoms with Gasteiger partial charge in [-0.3, -0.25) is 14.3 Å². The minimum absolute atomic E-state index is 0.191. The normalized spacial score (nSPS) is 14.2. The first-order valence-electron chi connectivity index (χ1n) is 8.40. The number of hydrogen-bond donors (Lipinski definition) is 1. The Balaban J connectivity index is 1.56. The Bertz CT molecular complexity index is 787. The molecule has 7 heteroatoms. The maximum atomic E-state index is 13.4. The Labute approximate surface area is 145 Å². The second-order valence-electron chi connectivity index (χ2n) is 6.14. The van der Waals surface area contributed by atoms with Crippen molar-refractivity contribution in [2.45, 2.75) is 19.3 Å². The van der Waals surface area contributed by atoms with E-state index in [0.717, 1.165) is 13.0 Å². The quantitative estimate of drug-likeness (QED) is 0.815. The molecule has 2 amide bonds. The summed E-state index contributed by atoms with van der Waals surface area (Å²) in [6.07, 6.45) is 2.26. The van der Waals surface area contributed by atoms with Gasteiger partial charge in [0, 0.05) is 38.7 Å². The van der Waals surface area contributed by atoms with E-state index in [9.17, 15) is 14.0 Å². The van der Waals surface area contributed by atoms with Gasteiger partial charge in [0.1, 0.15) is 5.82 Å². The lowest BCUT2D eigenvalue weighted by molar-refractivity contribution is -0.127. The van der Waals surface area contributed by atoms with Crippen molar-refractivity contribution in [3.63, 3.8) is 0 Å². The fourth-order valence-electron chi connectivity index (χ4n) is 3.00. The Kier molecular flexibility index (Phi) is 5.11. The maximum Gasteiger partial charge on any atom is 0.271 e. The van der Waals surface area contributed by atoms with Gasteiger partial charge in [-0.15, -0.1) is 0 Å². The molecule has 0 radical (unpaired) electrons. The molecule has 0 bridgehead atoms. The van der Waals surface area contributed by atoms with Gasteiger partial charge in [-0.05, 0) is 31.0 Å². The molecule has 1 aliphatic rings. The van der Waals surface area contributed by atoms with Gasteiger partial charge in [-0.25, -0.2) is 4.39 Å². The number of aromatic nitrogens is 2. The second-order valence-corrected chi connectivity index (χ2v) is 6.14. The van der Waals surface area contributed by atoms with Crippen LogP contribution in [0.2, 0.25) is 0 Å². The number of nitrogens with one attached hydrogen (secondary N) is 1. The summed E-state index contributed by atoms with van der Waals surface area (Å²) in [5.41, 5.74) is 1.63. The third-order valence-electron chi connectivity index (χ3n) is 4.29. The molecule has 1 fully saturated rings. The van der Waals surface area contributed by atoms with Crippen LogP contribution in [-0.2, 0) is 11.8 Å². The predicted octanol–water partition coefficient (Wildman–Crippen LogP) is 1.97. The lowest BCUT2D eigenvalue weighted by Gasteiger charge is -2.14. The molecule has 6 nitrogen and oxygen atoms in total. The van der Waals surface area contributed by atoms with E-state index in [1.54, 1.807) is 29.9 Å². The van der Waals surface area contributed by atoms with E-state index in [-0.39, 0.29) is 17.6 Å². The smallest absolute Gasteiger partial charge is 0.271 e.